The minimum Gasteiger partial charge on any atom is -0.489 e. The maximum absolute atomic E-state index is 11.3. The Hall–Kier alpha value is -2.57. The summed E-state index contributed by atoms with van der Waals surface area (Å²) in [6, 6.07) is 12.3. The Kier molecular flexibility index (Phi) is 6.80. The van der Waals surface area contributed by atoms with Crippen LogP contribution in [0.5, 0.6) is 5.75 Å². The van der Waals surface area contributed by atoms with Gasteiger partial charge in [0.25, 0.3) is 0 Å². The zero-order chi connectivity index (χ0) is 18.2. The zero-order valence-corrected chi connectivity index (χ0v) is 14.8. The summed E-state index contributed by atoms with van der Waals surface area (Å²) in [5, 5.41) is 6.97. The second-order valence-electron chi connectivity index (χ2n) is 4.84. The molecule has 2 rings (SSSR count). The van der Waals surface area contributed by atoms with Gasteiger partial charge in [-0.05, 0) is 29.8 Å². The minimum absolute atomic E-state index is 0.215. The van der Waals surface area contributed by atoms with Gasteiger partial charge in [-0.15, -0.1) is 0 Å². The molecule has 0 fully saturated rings. The standard InChI is InChI=1S/C17H15Cl2N3O3/c1-20-16(23)17(24)22-21-9-11-4-2-5-12(8-11)25-10-13-14(18)6-3-7-15(13)19/h2-9H,10H2,1H3,(H,20,23)(H,22,24)/b21-9-. The number of carbonyl (C=O) groups excluding carboxylic acids is 2. The van der Waals surface area contributed by atoms with E-state index in [0.717, 1.165) is 0 Å². The molecule has 130 valence electrons. The van der Waals surface area contributed by atoms with E-state index in [4.69, 9.17) is 27.9 Å². The highest BCUT2D eigenvalue weighted by Crippen LogP contribution is 2.25. The van der Waals surface area contributed by atoms with Crippen molar-refractivity contribution in [2.24, 2.45) is 5.10 Å². The first kappa shape index (κ1) is 18.8. The van der Waals surface area contributed by atoms with Crippen LogP contribution < -0.4 is 15.5 Å². The van der Waals surface area contributed by atoms with Crippen LogP contribution in [0.1, 0.15) is 11.1 Å². The lowest BCUT2D eigenvalue weighted by Gasteiger charge is -2.09. The first-order valence-corrected chi connectivity index (χ1v) is 7.97. The number of rotatable bonds is 5. The van der Waals surface area contributed by atoms with E-state index in [2.05, 4.69) is 15.8 Å². The Bertz CT molecular complexity index is 789. The van der Waals surface area contributed by atoms with Crippen LogP contribution in [0.4, 0.5) is 0 Å². The van der Waals surface area contributed by atoms with Crippen LogP contribution in [-0.2, 0) is 16.2 Å². The first-order valence-electron chi connectivity index (χ1n) is 7.22. The van der Waals surface area contributed by atoms with E-state index < -0.39 is 11.8 Å². The third kappa shape index (κ3) is 5.48. The number of hydrogen-bond acceptors (Lipinski definition) is 4. The molecule has 0 atom stereocenters. The van der Waals surface area contributed by atoms with E-state index in [9.17, 15) is 9.59 Å². The number of hydrazone groups is 1. The van der Waals surface area contributed by atoms with E-state index in [0.29, 0.717) is 26.9 Å². The number of carbonyl (C=O) groups is 2. The fourth-order valence-corrected chi connectivity index (χ4v) is 2.35. The van der Waals surface area contributed by atoms with Crippen LogP contribution in [0.2, 0.25) is 10.0 Å². The summed E-state index contributed by atoms with van der Waals surface area (Å²) in [7, 11) is 1.36. The molecule has 0 saturated heterocycles. The number of nitrogens with zero attached hydrogens (tertiary/aromatic N) is 1. The van der Waals surface area contributed by atoms with E-state index >= 15 is 0 Å². The minimum atomic E-state index is -0.848. The highest BCUT2D eigenvalue weighted by Gasteiger charge is 2.09. The second kappa shape index (κ2) is 9.05. The number of hydrogen-bond donors (Lipinski definition) is 2. The SMILES string of the molecule is CNC(=O)C(=O)N/N=C\c1cccc(OCc2c(Cl)cccc2Cl)c1. The second-order valence-corrected chi connectivity index (χ2v) is 5.65. The molecule has 0 aliphatic carbocycles. The van der Waals surface area contributed by atoms with E-state index in [1.807, 2.05) is 0 Å². The van der Waals surface area contributed by atoms with Crippen molar-refractivity contribution in [1.82, 2.24) is 10.7 Å². The van der Waals surface area contributed by atoms with Gasteiger partial charge in [0, 0.05) is 22.7 Å². The molecule has 8 heteroatoms. The monoisotopic (exact) mass is 379 g/mol. The van der Waals surface area contributed by atoms with Crippen LogP contribution in [-0.4, -0.2) is 25.1 Å². The number of amides is 2. The lowest BCUT2D eigenvalue weighted by molar-refractivity contribution is -0.138. The maximum atomic E-state index is 11.3. The van der Waals surface area contributed by atoms with Gasteiger partial charge in [0.1, 0.15) is 12.4 Å². The molecular weight excluding hydrogens is 365 g/mol. The molecule has 0 aliphatic rings. The average molecular weight is 380 g/mol. The van der Waals surface area contributed by atoms with Crippen molar-refractivity contribution in [2.75, 3.05) is 7.05 Å². The highest BCUT2D eigenvalue weighted by molar-refractivity contribution is 6.36. The molecular formula is C17H15Cl2N3O3. The van der Waals surface area contributed by atoms with Gasteiger partial charge in [-0.1, -0.05) is 41.4 Å². The summed E-state index contributed by atoms with van der Waals surface area (Å²) in [6.07, 6.45) is 1.40. The van der Waals surface area contributed by atoms with Gasteiger partial charge in [0.2, 0.25) is 0 Å². The number of likely N-dealkylation sites (N-methyl/N-ethyl adjacent to an activating group) is 1. The molecule has 0 radical (unpaired) electrons. The molecule has 0 heterocycles. The van der Waals surface area contributed by atoms with Gasteiger partial charge in [-0.2, -0.15) is 5.10 Å². The zero-order valence-electron chi connectivity index (χ0n) is 13.3. The maximum Gasteiger partial charge on any atom is 0.329 e. The number of ether oxygens (including phenoxy) is 1. The summed E-state index contributed by atoms with van der Waals surface area (Å²) in [5.74, 6) is -1.04. The van der Waals surface area contributed by atoms with Crippen LogP contribution in [0.3, 0.4) is 0 Å². The third-order valence-electron chi connectivity index (χ3n) is 3.12. The van der Waals surface area contributed by atoms with Crippen molar-refractivity contribution in [1.29, 1.82) is 0 Å². The Morgan fingerprint density at radius 1 is 1.12 bits per heavy atom. The normalized spacial score (nSPS) is 10.5. The predicted octanol–water partition coefficient (Wildman–Crippen LogP) is 2.77. The van der Waals surface area contributed by atoms with E-state index in [1.54, 1.807) is 42.5 Å². The Morgan fingerprint density at radius 3 is 2.48 bits per heavy atom. The Labute approximate surface area is 154 Å². The third-order valence-corrected chi connectivity index (χ3v) is 3.82. The van der Waals surface area contributed by atoms with Gasteiger partial charge in [-0.25, -0.2) is 5.43 Å². The van der Waals surface area contributed by atoms with Crippen molar-refractivity contribution in [3.05, 3.63) is 63.6 Å². The van der Waals surface area contributed by atoms with Gasteiger partial charge >= 0.3 is 11.8 Å². The number of halogens is 2. The average Bonchev–Trinajstić information content (AvgIpc) is 2.61. The molecule has 0 aromatic heterocycles. The quantitative estimate of drug-likeness (QED) is 0.476. The summed E-state index contributed by atoms with van der Waals surface area (Å²) in [4.78, 5) is 22.3. The van der Waals surface area contributed by atoms with Crippen LogP contribution in [0.15, 0.2) is 47.6 Å². The molecule has 2 aromatic carbocycles. The van der Waals surface area contributed by atoms with Gasteiger partial charge in [-0.3, -0.25) is 9.59 Å². The van der Waals surface area contributed by atoms with Crippen LogP contribution in [0.25, 0.3) is 0 Å². The largest absolute Gasteiger partial charge is 0.489 e. The molecule has 25 heavy (non-hydrogen) atoms. The molecule has 0 unspecified atom stereocenters. The van der Waals surface area contributed by atoms with Crippen molar-refractivity contribution >= 4 is 41.2 Å². The van der Waals surface area contributed by atoms with E-state index in [-0.39, 0.29) is 6.61 Å². The van der Waals surface area contributed by atoms with Crippen molar-refractivity contribution in [3.8, 4) is 5.75 Å². The van der Waals surface area contributed by atoms with Crippen LogP contribution >= 0.6 is 23.2 Å². The molecule has 2 aromatic rings. The molecule has 6 nitrogen and oxygen atoms in total. The lowest BCUT2D eigenvalue weighted by atomic mass is 10.2. The molecule has 0 bridgehead atoms. The lowest BCUT2D eigenvalue weighted by Crippen LogP contribution is -2.35. The summed E-state index contributed by atoms with van der Waals surface area (Å²) in [5.41, 5.74) is 3.49. The smallest absolute Gasteiger partial charge is 0.329 e. The van der Waals surface area contributed by atoms with Crippen molar-refractivity contribution in [3.63, 3.8) is 0 Å². The fraction of sp³-hybridized carbons (Fsp3) is 0.118. The van der Waals surface area contributed by atoms with Crippen molar-refractivity contribution < 1.29 is 14.3 Å². The molecule has 0 spiro atoms. The number of nitrogens with one attached hydrogen (secondary N) is 2. The summed E-state index contributed by atoms with van der Waals surface area (Å²) in [6.45, 7) is 0.215. The van der Waals surface area contributed by atoms with Crippen molar-refractivity contribution in [2.45, 2.75) is 6.61 Å². The topological polar surface area (TPSA) is 79.8 Å². The molecule has 0 aliphatic heterocycles. The first-order chi connectivity index (χ1) is 12.0. The summed E-state index contributed by atoms with van der Waals surface area (Å²) >= 11 is 12.2. The van der Waals surface area contributed by atoms with Crippen LogP contribution in [0, 0.1) is 0 Å². The Balaban J connectivity index is 1.99. The predicted molar refractivity (Wildman–Crippen MR) is 97.0 cm³/mol. The highest BCUT2D eigenvalue weighted by atomic mass is 35.5. The molecule has 2 N–H and O–H groups in total. The Morgan fingerprint density at radius 2 is 1.80 bits per heavy atom. The molecule has 2 amide bonds. The van der Waals surface area contributed by atoms with E-state index in [1.165, 1.54) is 13.3 Å². The fourth-order valence-electron chi connectivity index (χ4n) is 1.84. The summed E-state index contributed by atoms with van der Waals surface area (Å²) < 4.78 is 5.70. The van der Waals surface area contributed by atoms with Gasteiger partial charge in [0.05, 0.1) is 6.21 Å². The number of benzene rings is 2. The molecule has 0 saturated carbocycles. The van der Waals surface area contributed by atoms with Gasteiger partial charge < -0.3 is 10.1 Å². The van der Waals surface area contributed by atoms with Gasteiger partial charge in [0.15, 0.2) is 0 Å².